The molecule has 1 saturated heterocycles. The molecule has 0 aromatic heterocycles. The highest BCUT2D eigenvalue weighted by Crippen LogP contribution is 2.39. The molecule has 2 atom stereocenters. The minimum atomic E-state index is -3.95. The normalized spacial score (nSPS) is 21.6. The number of imide groups is 1. The SMILES string of the molecule is COc1ccc(CN2C(=O)C3CCCCC3C2=O)cc1S(=O)(=O)NCc1ccc2c(c1)OCO2. The number of sulfonamides is 1. The molecule has 34 heavy (non-hydrogen) atoms. The molecule has 2 aromatic carbocycles. The Kier molecular flexibility index (Phi) is 5.95. The number of benzene rings is 2. The van der Waals surface area contributed by atoms with Crippen molar-refractivity contribution in [3.05, 3.63) is 47.5 Å². The molecular formula is C24H26N2O7S. The van der Waals surface area contributed by atoms with E-state index in [4.69, 9.17) is 14.2 Å². The summed E-state index contributed by atoms with van der Waals surface area (Å²) in [6.45, 7) is 0.218. The number of hydrogen-bond donors (Lipinski definition) is 1. The van der Waals surface area contributed by atoms with E-state index in [9.17, 15) is 18.0 Å². The van der Waals surface area contributed by atoms with Crippen LogP contribution in [0.5, 0.6) is 17.2 Å². The fraction of sp³-hybridized carbons (Fsp3) is 0.417. The van der Waals surface area contributed by atoms with E-state index >= 15 is 0 Å². The van der Waals surface area contributed by atoms with Crippen LogP contribution in [0.3, 0.4) is 0 Å². The van der Waals surface area contributed by atoms with E-state index in [2.05, 4.69) is 4.72 Å². The Hall–Kier alpha value is -3.11. The van der Waals surface area contributed by atoms with Gasteiger partial charge in [0.15, 0.2) is 11.5 Å². The molecule has 5 rings (SSSR count). The summed E-state index contributed by atoms with van der Waals surface area (Å²) in [5.41, 5.74) is 1.25. The monoisotopic (exact) mass is 486 g/mol. The second kappa shape index (κ2) is 8.92. The van der Waals surface area contributed by atoms with Crippen molar-refractivity contribution in [1.82, 2.24) is 9.62 Å². The third kappa shape index (κ3) is 4.12. The molecule has 180 valence electrons. The molecule has 9 nitrogen and oxygen atoms in total. The summed E-state index contributed by atoms with van der Waals surface area (Å²) in [6, 6.07) is 9.90. The molecular weight excluding hydrogens is 460 g/mol. The lowest BCUT2D eigenvalue weighted by Crippen LogP contribution is -2.30. The predicted molar refractivity (Wildman–Crippen MR) is 121 cm³/mol. The predicted octanol–water partition coefficient (Wildman–Crippen LogP) is 2.58. The number of hydrogen-bond acceptors (Lipinski definition) is 7. The lowest BCUT2D eigenvalue weighted by molar-refractivity contribution is -0.140. The molecule has 2 aromatic rings. The van der Waals surface area contributed by atoms with E-state index in [1.807, 2.05) is 0 Å². The maximum Gasteiger partial charge on any atom is 0.244 e. The first-order valence-corrected chi connectivity index (χ1v) is 12.8. The van der Waals surface area contributed by atoms with E-state index in [1.165, 1.54) is 18.1 Å². The highest BCUT2D eigenvalue weighted by Gasteiger charge is 2.47. The van der Waals surface area contributed by atoms with Crippen LogP contribution in [0.2, 0.25) is 0 Å². The number of amides is 2. The number of rotatable bonds is 7. The molecule has 3 aliphatic rings. The van der Waals surface area contributed by atoms with Gasteiger partial charge in [-0.05, 0) is 48.2 Å². The Morgan fingerprint density at radius 1 is 0.971 bits per heavy atom. The number of carbonyl (C=O) groups excluding carboxylic acids is 2. The van der Waals surface area contributed by atoms with E-state index in [0.29, 0.717) is 22.6 Å². The van der Waals surface area contributed by atoms with E-state index in [-0.39, 0.29) is 54.2 Å². The summed E-state index contributed by atoms with van der Waals surface area (Å²) in [7, 11) is -2.56. The van der Waals surface area contributed by atoms with Crippen molar-refractivity contribution in [2.45, 2.75) is 43.7 Å². The molecule has 2 aliphatic heterocycles. The van der Waals surface area contributed by atoms with Gasteiger partial charge in [-0.2, -0.15) is 0 Å². The summed E-state index contributed by atoms with van der Waals surface area (Å²) < 4.78 is 44.8. The van der Waals surface area contributed by atoms with Crippen molar-refractivity contribution in [3.8, 4) is 17.2 Å². The zero-order valence-electron chi connectivity index (χ0n) is 18.8. The van der Waals surface area contributed by atoms with E-state index in [1.54, 1.807) is 30.3 Å². The average molecular weight is 487 g/mol. The number of ether oxygens (including phenoxy) is 3. The second-order valence-electron chi connectivity index (χ2n) is 8.76. The van der Waals surface area contributed by atoms with Gasteiger partial charge in [-0.1, -0.05) is 25.0 Å². The largest absolute Gasteiger partial charge is 0.495 e. The molecule has 2 amide bonds. The van der Waals surface area contributed by atoms with Gasteiger partial charge >= 0.3 is 0 Å². The molecule has 0 spiro atoms. The van der Waals surface area contributed by atoms with Crippen LogP contribution >= 0.6 is 0 Å². The summed E-state index contributed by atoms with van der Waals surface area (Å²) in [4.78, 5) is 26.9. The van der Waals surface area contributed by atoms with Crippen LogP contribution < -0.4 is 18.9 Å². The molecule has 2 heterocycles. The molecule has 2 unspecified atom stereocenters. The van der Waals surface area contributed by atoms with Gasteiger partial charge < -0.3 is 14.2 Å². The minimum Gasteiger partial charge on any atom is -0.495 e. The fourth-order valence-electron chi connectivity index (χ4n) is 4.91. The quantitative estimate of drug-likeness (QED) is 0.599. The Labute approximate surface area is 198 Å². The third-order valence-corrected chi connectivity index (χ3v) is 8.12. The standard InChI is InChI=1S/C24H26N2O7S/c1-31-20-9-7-16(13-26-23(27)17-4-2-3-5-18(17)24(26)28)11-22(20)34(29,30)25-12-15-6-8-19-21(10-15)33-14-32-19/h6-11,17-18,25H,2-5,12-14H2,1H3. The van der Waals surface area contributed by atoms with Crippen molar-refractivity contribution < 1.29 is 32.2 Å². The highest BCUT2D eigenvalue weighted by atomic mass is 32.2. The first kappa shape index (κ1) is 22.7. The van der Waals surface area contributed by atoms with Crippen LogP contribution in [0.1, 0.15) is 36.8 Å². The Morgan fingerprint density at radius 2 is 1.65 bits per heavy atom. The zero-order valence-corrected chi connectivity index (χ0v) is 19.6. The average Bonchev–Trinajstić information content (AvgIpc) is 3.41. The van der Waals surface area contributed by atoms with Crippen molar-refractivity contribution in [1.29, 1.82) is 0 Å². The molecule has 2 fully saturated rings. The molecule has 1 N–H and O–H groups in total. The summed E-state index contributed by atoms with van der Waals surface area (Å²) >= 11 is 0. The van der Waals surface area contributed by atoms with Gasteiger partial charge in [0.25, 0.3) is 0 Å². The number of carbonyl (C=O) groups is 2. The third-order valence-electron chi connectivity index (χ3n) is 6.69. The molecule has 1 saturated carbocycles. The lowest BCUT2D eigenvalue weighted by Gasteiger charge is -2.19. The number of nitrogens with one attached hydrogen (secondary N) is 1. The Balaban J connectivity index is 1.35. The van der Waals surface area contributed by atoms with Crippen LogP contribution in [0.4, 0.5) is 0 Å². The van der Waals surface area contributed by atoms with Crippen LogP contribution in [-0.2, 0) is 32.7 Å². The van der Waals surface area contributed by atoms with Crippen molar-refractivity contribution in [2.75, 3.05) is 13.9 Å². The van der Waals surface area contributed by atoms with Crippen molar-refractivity contribution >= 4 is 21.8 Å². The molecule has 1 aliphatic carbocycles. The Bertz CT molecular complexity index is 1220. The summed E-state index contributed by atoms with van der Waals surface area (Å²) in [6.07, 6.45) is 3.37. The van der Waals surface area contributed by atoms with Gasteiger partial charge in [0.2, 0.25) is 28.6 Å². The van der Waals surface area contributed by atoms with E-state index < -0.39 is 10.0 Å². The van der Waals surface area contributed by atoms with Gasteiger partial charge in [-0.25, -0.2) is 13.1 Å². The minimum absolute atomic E-state index is 0.0405. The van der Waals surface area contributed by atoms with Gasteiger partial charge in [0.05, 0.1) is 25.5 Å². The maximum atomic E-state index is 13.1. The van der Waals surface area contributed by atoms with Crippen molar-refractivity contribution in [3.63, 3.8) is 0 Å². The van der Waals surface area contributed by atoms with Gasteiger partial charge in [0.1, 0.15) is 10.6 Å². The number of likely N-dealkylation sites (tertiary alicyclic amines) is 1. The smallest absolute Gasteiger partial charge is 0.244 e. The van der Waals surface area contributed by atoms with E-state index in [0.717, 1.165) is 25.7 Å². The number of nitrogens with zero attached hydrogens (tertiary/aromatic N) is 1. The first-order valence-electron chi connectivity index (χ1n) is 11.3. The highest BCUT2D eigenvalue weighted by molar-refractivity contribution is 7.89. The second-order valence-corrected chi connectivity index (χ2v) is 10.5. The molecule has 0 bridgehead atoms. The number of fused-ring (bicyclic) bond motifs is 2. The van der Waals surface area contributed by atoms with Crippen LogP contribution in [0.25, 0.3) is 0 Å². The summed E-state index contributed by atoms with van der Waals surface area (Å²) in [5, 5.41) is 0. The van der Waals surface area contributed by atoms with Crippen LogP contribution in [0, 0.1) is 11.8 Å². The van der Waals surface area contributed by atoms with Crippen molar-refractivity contribution in [2.24, 2.45) is 11.8 Å². The molecule has 0 radical (unpaired) electrons. The number of methoxy groups -OCH3 is 1. The maximum absolute atomic E-state index is 13.1. The first-order chi connectivity index (χ1) is 16.4. The zero-order chi connectivity index (χ0) is 23.9. The van der Waals surface area contributed by atoms with Gasteiger partial charge in [0, 0.05) is 6.54 Å². The van der Waals surface area contributed by atoms with Crippen LogP contribution in [0.15, 0.2) is 41.3 Å². The summed E-state index contributed by atoms with van der Waals surface area (Å²) in [5.74, 6) is 0.558. The molecule has 10 heteroatoms. The van der Waals surface area contributed by atoms with Gasteiger partial charge in [-0.3, -0.25) is 14.5 Å². The van der Waals surface area contributed by atoms with Gasteiger partial charge in [-0.15, -0.1) is 0 Å². The fourth-order valence-corrected chi connectivity index (χ4v) is 6.14. The van der Waals surface area contributed by atoms with Crippen LogP contribution in [-0.4, -0.2) is 39.0 Å². The lowest BCUT2D eigenvalue weighted by atomic mass is 9.81. The topological polar surface area (TPSA) is 111 Å². The Morgan fingerprint density at radius 3 is 2.35 bits per heavy atom.